The minimum Gasteiger partial charge on any atom is -0.289 e. The van der Waals surface area contributed by atoms with Gasteiger partial charge in [-0.1, -0.05) is 147 Å². The fourth-order valence-corrected chi connectivity index (χ4v) is 4.95. The van der Waals surface area contributed by atoms with Crippen molar-refractivity contribution in [3.63, 3.8) is 0 Å². The Labute approximate surface area is 203 Å². The molecule has 0 spiro atoms. The maximum atomic E-state index is 12.6. The van der Waals surface area contributed by atoms with Gasteiger partial charge in [0.15, 0.2) is 11.6 Å². The zero-order chi connectivity index (χ0) is 23.6. The summed E-state index contributed by atoms with van der Waals surface area (Å²) in [5, 5.41) is 0. The molecule has 33 heavy (non-hydrogen) atoms. The van der Waals surface area contributed by atoms with Gasteiger partial charge < -0.3 is 0 Å². The van der Waals surface area contributed by atoms with Crippen LogP contribution in [0, 0.1) is 0 Å². The van der Waals surface area contributed by atoms with Crippen LogP contribution < -0.4 is 0 Å². The van der Waals surface area contributed by atoms with Crippen LogP contribution in [0.15, 0.2) is 35.9 Å². The van der Waals surface area contributed by atoms with Crippen molar-refractivity contribution in [3.05, 3.63) is 47.0 Å². The van der Waals surface area contributed by atoms with E-state index in [0.29, 0.717) is 16.7 Å². The van der Waals surface area contributed by atoms with E-state index in [1.807, 2.05) is 12.1 Å². The summed E-state index contributed by atoms with van der Waals surface area (Å²) in [6.07, 6.45) is 28.2. The number of benzene rings is 1. The van der Waals surface area contributed by atoms with Crippen molar-refractivity contribution in [1.29, 1.82) is 0 Å². The molecule has 0 unspecified atom stereocenters. The molecule has 184 valence electrons. The largest absolute Gasteiger partial charge is 0.289 e. The number of Topliss-reactive ketones (excluding diaryl/α,β-unsaturated/α-hetero) is 1. The smallest absolute Gasteiger partial charge is 0.189 e. The maximum Gasteiger partial charge on any atom is 0.189 e. The zero-order valence-corrected chi connectivity index (χ0v) is 21.3. The van der Waals surface area contributed by atoms with E-state index in [1.165, 1.54) is 109 Å². The van der Waals surface area contributed by atoms with Crippen molar-refractivity contribution in [2.75, 3.05) is 0 Å². The summed E-state index contributed by atoms with van der Waals surface area (Å²) >= 11 is 0. The van der Waals surface area contributed by atoms with Gasteiger partial charge >= 0.3 is 0 Å². The topological polar surface area (TPSA) is 34.1 Å². The van der Waals surface area contributed by atoms with Gasteiger partial charge in [0.25, 0.3) is 0 Å². The lowest BCUT2D eigenvalue weighted by Crippen LogP contribution is -2.16. The van der Waals surface area contributed by atoms with E-state index in [-0.39, 0.29) is 11.6 Å². The summed E-state index contributed by atoms with van der Waals surface area (Å²) in [6.45, 7) is 2.29. The highest BCUT2D eigenvalue weighted by Gasteiger charge is 2.24. The second-order valence-electron chi connectivity index (χ2n) is 10.0. The lowest BCUT2D eigenvalue weighted by Gasteiger charge is -2.14. The third kappa shape index (κ3) is 11.3. The molecular formula is C31H48O2. The number of carbonyl (C=O) groups excluding carboxylic acids is 2. The van der Waals surface area contributed by atoms with E-state index in [1.54, 1.807) is 18.2 Å². The molecule has 0 aliphatic heterocycles. The number of fused-ring (bicyclic) bond motifs is 1. The Morgan fingerprint density at radius 1 is 0.515 bits per heavy atom. The first-order valence-corrected chi connectivity index (χ1v) is 14.1. The quantitative estimate of drug-likeness (QED) is 0.184. The number of unbranched alkanes of at least 4 members (excludes halogenated alkanes) is 18. The number of hydrogen-bond donors (Lipinski definition) is 0. The van der Waals surface area contributed by atoms with Crippen LogP contribution in [0.2, 0.25) is 0 Å². The van der Waals surface area contributed by atoms with Gasteiger partial charge in [0.1, 0.15) is 0 Å². The molecule has 1 aromatic carbocycles. The molecule has 0 bridgehead atoms. The summed E-state index contributed by atoms with van der Waals surface area (Å²) in [5.41, 5.74) is 1.84. The first-order chi connectivity index (χ1) is 16.2. The number of ketones is 2. The highest BCUT2D eigenvalue weighted by Crippen LogP contribution is 2.24. The van der Waals surface area contributed by atoms with Gasteiger partial charge in [-0.2, -0.15) is 0 Å². The zero-order valence-electron chi connectivity index (χ0n) is 21.3. The highest BCUT2D eigenvalue weighted by atomic mass is 16.1. The number of hydrogen-bond acceptors (Lipinski definition) is 2. The van der Waals surface area contributed by atoms with Crippen molar-refractivity contribution in [2.45, 2.75) is 135 Å². The number of carbonyl (C=O) groups is 2. The summed E-state index contributed by atoms with van der Waals surface area (Å²) in [7, 11) is 0. The van der Waals surface area contributed by atoms with E-state index >= 15 is 0 Å². The van der Waals surface area contributed by atoms with Crippen LogP contribution >= 0.6 is 0 Å². The standard InChI is InChI=1S/C31H48O2/c1-2-3-4-5-6-7-8-9-10-11-12-13-14-15-16-17-18-19-20-23-27-26-30(32)28-24-21-22-25-29(28)31(27)33/h21-22,24-26H,2-20,23H2,1H3. The van der Waals surface area contributed by atoms with Crippen LogP contribution in [0.25, 0.3) is 0 Å². The third-order valence-corrected chi connectivity index (χ3v) is 7.08. The van der Waals surface area contributed by atoms with Crippen molar-refractivity contribution in [3.8, 4) is 0 Å². The molecule has 1 aromatic rings. The minimum absolute atomic E-state index is 0.0157. The summed E-state index contributed by atoms with van der Waals surface area (Å²) in [4.78, 5) is 24.8. The molecule has 0 atom stereocenters. The van der Waals surface area contributed by atoms with Gasteiger partial charge in [0, 0.05) is 16.7 Å². The van der Waals surface area contributed by atoms with E-state index in [4.69, 9.17) is 0 Å². The lowest BCUT2D eigenvalue weighted by molar-refractivity contribution is 0.0981. The summed E-state index contributed by atoms with van der Waals surface area (Å²) < 4.78 is 0. The Bertz CT molecular complexity index is 715. The molecule has 0 radical (unpaired) electrons. The monoisotopic (exact) mass is 452 g/mol. The minimum atomic E-state index is -0.0157. The number of allylic oxidation sites excluding steroid dienone is 2. The molecular weight excluding hydrogens is 404 g/mol. The van der Waals surface area contributed by atoms with Gasteiger partial charge in [-0.25, -0.2) is 0 Å². The van der Waals surface area contributed by atoms with Crippen molar-refractivity contribution in [2.24, 2.45) is 0 Å². The van der Waals surface area contributed by atoms with Crippen LogP contribution in [0.5, 0.6) is 0 Å². The second-order valence-corrected chi connectivity index (χ2v) is 10.0. The van der Waals surface area contributed by atoms with E-state index in [9.17, 15) is 9.59 Å². The molecule has 2 nitrogen and oxygen atoms in total. The molecule has 0 amide bonds. The van der Waals surface area contributed by atoms with Crippen molar-refractivity contribution in [1.82, 2.24) is 0 Å². The normalized spacial score (nSPS) is 13.3. The predicted molar refractivity (Wildman–Crippen MR) is 141 cm³/mol. The second kappa shape index (κ2) is 17.7. The molecule has 0 N–H and O–H groups in total. The Morgan fingerprint density at radius 2 is 0.909 bits per heavy atom. The molecule has 0 saturated carbocycles. The molecule has 0 aromatic heterocycles. The third-order valence-electron chi connectivity index (χ3n) is 7.08. The predicted octanol–water partition coefficient (Wildman–Crippen LogP) is 9.81. The molecule has 0 fully saturated rings. The molecule has 2 heteroatoms. The Morgan fingerprint density at radius 3 is 1.36 bits per heavy atom. The Hall–Kier alpha value is -1.70. The average Bonchev–Trinajstić information content (AvgIpc) is 2.83. The fourth-order valence-electron chi connectivity index (χ4n) is 4.95. The lowest BCUT2D eigenvalue weighted by atomic mass is 9.87. The van der Waals surface area contributed by atoms with E-state index in [2.05, 4.69) is 6.92 Å². The first kappa shape index (κ1) is 27.5. The molecule has 0 saturated heterocycles. The SMILES string of the molecule is CCCCCCCCCCCCCCCCCCCCCC1=CC(=O)c2ccccc2C1=O. The fraction of sp³-hybridized carbons (Fsp3) is 0.677. The number of rotatable bonds is 20. The van der Waals surface area contributed by atoms with Crippen LogP contribution in [-0.2, 0) is 0 Å². The maximum absolute atomic E-state index is 12.6. The van der Waals surface area contributed by atoms with Gasteiger partial charge in [0.2, 0.25) is 0 Å². The average molecular weight is 453 g/mol. The van der Waals surface area contributed by atoms with Crippen molar-refractivity contribution < 1.29 is 9.59 Å². The molecule has 2 rings (SSSR count). The molecule has 1 aliphatic carbocycles. The van der Waals surface area contributed by atoms with Crippen molar-refractivity contribution >= 4 is 11.6 Å². The van der Waals surface area contributed by atoms with Crippen LogP contribution in [0.4, 0.5) is 0 Å². The first-order valence-electron chi connectivity index (χ1n) is 14.1. The highest BCUT2D eigenvalue weighted by molar-refractivity contribution is 6.24. The van der Waals surface area contributed by atoms with Crippen LogP contribution in [-0.4, -0.2) is 11.6 Å². The van der Waals surface area contributed by atoms with Gasteiger partial charge in [0.05, 0.1) is 0 Å². The van der Waals surface area contributed by atoms with E-state index < -0.39 is 0 Å². The van der Waals surface area contributed by atoms with Gasteiger partial charge in [-0.05, 0) is 18.9 Å². The van der Waals surface area contributed by atoms with Gasteiger partial charge in [-0.15, -0.1) is 0 Å². The van der Waals surface area contributed by atoms with E-state index in [0.717, 1.165) is 19.3 Å². The summed E-state index contributed by atoms with van der Waals surface area (Å²) in [5.74, 6) is 0.0330. The molecule has 0 heterocycles. The Balaban J connectivity index is 1.35. The van der Waals surface area contributed by atoms with Gasteiger partial charge in [-0.3, -0.25) is 9.59 Å². The van der Waals surface area contributed by atoms with Crippen LogP contribution in [0.1, 0.15) is 156 Å². The molecule has 1 aliphatic rings. The summed E-state index contributed by atoms with van der Waals surface area (Å²) in [6, 6.07) is 7.18. The Kier molecular flexibility index (Phi) is 14.8. The van der Waals surface area contributed by atoms with Crippen LogP contribution in [0.3, 0.4) is 0 Å².